The average molecular weight is 736 g/mol. The third-order valence-electron chi connectivity index (χ3n) is 10.6. The van der Waals surface area contributed by atoms with Crippen LogP contribution in [-0.4, -0.2) is 47.4 Å². The van der Waals surface area contributed by atoms with Gasteiger partial charge in [-0.2, -0.15) is 0 Å². The number of aliphatic hydroxyl groups excluding tert-OH is 2. The van der Waals surface area contributed by atoms with E-state index < -0.39 is 12.1 Å². The third kappa shape index (κ3) is 38.3. The molecule has 0 radical (unpaired) electrons. The molecule has 0 fully saturated rings. The molecule has 0 bridgehead atoms. The molecule has 0 aromatic rings. The lowest BCUT2D eigenvalue weighted by molar-refractivity contribution is -0.143. The summed E-state index contributed by atoms with van der Waals surface area (Å²) in [6.07, 6.45) is 46.0. The van der Waals surface area contributed by atoms with E-state index in [9.17, 15) is 19.8 Å². The smallest absolute Gasteiger partial charge is 0.305 e. The summed E-state index contributed by atoms with van der Waals surface area (Å²) in [4.78, 5) is 24.3. The molecule has 6 heteroatoms. The first-order chi connectivity index (χ1) is 25.5. The fourth-order valence-corrected chi connectivity index (χ4v) is 6.99. The Morgan fingerprint density at radius 1 is 0.519 bits per heavy atom. The number of esters is 1. The van der Waals surface area contributed by atoms with Crippen molar-refractivity contribution < 1.29 is 24.5 Å². The zero-order valence-corrected chi connectivity index (χ0v) is 34.8. The van der Waals surface area contributed by atoms with Gasteiger partial charge >= 0.3 is 5.97 Å². The van der Waals surface area contributed by atoms with E-state index in [1.807, 2.05) is 0 Å². The Labute approximate surface area is 323 Å². The first-order valence-corrected chi connectivity index (χ1v) is 22.9. The Kier molecular flexibility index (Phi) is 41.2. The normalized spacial score (nSPS) is 12.8. The number of rotatable bonds is 42. The molecule has 0 aliphatic rings. The lowest BCUT2D eigenvalue weighted by Crippen LogP contribution is -2.45. The van der Waals surface area contributed by atoms with Crippen molar-refractivity contribution in [3.8, 4) is 0 Å². The minimum atomic E-state index is -0.693. The van der Waals surface area contributed by atoms with Crippen LogP contribution in [0.5, 0.6) is 0 Å². The number of allylic oxidation sites excluding steroid dienone is 2. The standard InChI is InChI=1S/C46H89NO5/c1-3-5-7-9-11-13-15-16-17-18-20-22-26-30-34-38-44(49)43(42-48)47-45(50)39-35-31-27-23-21-25-29-33-37-41-52-46(51)40-36-32-28-24-19-14-12-10-8-6-4-2/h23,27,43-44,48-49H,3-22,24-26,28-42H2,1-2H3,(H,47,50)/b27-23-. The number of aliphatic hydroxyl groups is 2. The molecule has 0 aliphatic heterocycles. The van der Waals surface area contributed by atoms with Gasteiger partial charge in [0.1, 0.15) is 0 Å². The number of hydrogen-bond donors (Lipinski definition) is 3. The molecule has 0 saturated carbocycles. The molecule has 6 nitrogen and oxygen atoms in total. The molecule has 52 heavy (non-hydrogen) atoms. The van der Waals surface area contributed by atoms with Gasteiger partial charge in [0.15, 0.2) is 0 Å². The van der Waals surface area contributed by atoms with Crippen LogP contribution in [0.25, 0.3) is 0 Å². The van der Waals surface area contributed by atoms with Gasteiger partial charge in [-0.25, -0.2) is 0 Å². The van der Waals surface area contributed by atoms with Gasteiger partial charge in [0.2, 0.25) is 5.91 Å². The lowest BCUT2D eigenvalue weighted by atomic mass is 10.0. The molecule has 2 unspecified atom stereocenters. The Morgan fingerprint density at radius 2 is 0.923 bits per heavy atom. The highest BCUT2D eigenvalue weighted by atomic mass is 16.5. The quantitative estimate of drug-likeness (QED) is 0.0329. The highest BCUT2D eigenvalue weighted by Gasteiger charge is 2.19. The van der Waals surface area contributed by atoms with Gasteiger partial charge in [-0.3, -0.25) is 9.59 Å². The van der Waals surface area contributed by atoms with Gasteiger partial charge in [-0.05, 0) is 44.9 Å². The van der Waals surface area contributed by atoms with E-state index in [4.69, 9.17) is 4.74 Å². The van der Waals surface area contributed by atoms with Gasteiger partial charge < -0.3 is 20.3 Å². The Balaban J connectivity index is 3.56. The zero-order chi connectivity index (χ0) is 38.0. The van der Waals surface area contributed by atoms with Gasteiger partial charge in [0.05, 0.1) is 25.4 Å². The maximum absolute atomic E-state index is 12.4. The highest BCUT2D eigenvalue weighted by molar-refractivity contribution is 5.76. The topological polar surface area (TPSA) is 95.9 Å². The van der Waals surface area contributed by atoms with Crippen LogP contribution in [-0.2, 0) is 14.3 Å². The molecule has 0 spiro atoms. The summed E-state index contributed by atoms with van der Waals surface area (Å²) in [7, 11) is 0. The van der Waals surface area contributed by atoms with Crippen LogP contribution in [0, 0.1) is 0 Å². The molecule has 1 amide bonds. The summed E-state index contributed by atoms with van der Waals surface area (Å²) < 4.78 is 5.41. The number of amides is 1. The molecule has 0 aromatic heterocycles. The Hall–Kier alpha value is -1.40. The molecule has 0 aliphatic carbocycles. The van der Waals surface area contributed by atoms with E-state index >= 15 is 0 Å². The maximum atomic E-state index is 12.4. The zero-order valence-electron chi connectivity index (χ0n) is 34.8. The second-order valence-corrected chi connectivity index (χ2v) is 15.7. The van der Waals surface area contributed by atoms with Crippen molar-refractivity contribution in [1.29, 1.82) is 0 Å². The van der Waals surface area contributed by atoms with E-state index in [1.165, 1.54) is 141 Å². The number of hydrogen-bond acceptors (Lipinski definition) is 5. The van der Waals surface area contributed by atoms with Crippen LogP contribution in [0.2, 0.25) is 0 Å². The molecule has 3 N–H and O–H groups in total. The molecule has 308 valence electrons. The molecule has 0 rings (SSSR count). The van der Waals surface area contributed by atoms with Crippen molar-refractivity contribution >= 4 is 11.9 Å². The molecular formula is C46H89NO5. The van der Waals surface area contributed by atoms with E-state index in [2.05, 4.69) is 31.3 Å². The highest BCUT2D eigenvalue weighted by Crippen LogP contribution is 2.16. The number of unbranched alkanes of at least 4 members (excludes halogenated alkanes) is 29. The molecule has 0 aromatic carbocycles. The van der Waals surface area contributed by atoms with Crippen molar-refractivity contribution in [1.82, 2.24) is 5.32 Å². The summed E-state index contributed by atoms with van der Waals surface area (Å²) in [5.41, 5.74) is 0. The van der Waals surface area contributed by atoms with Gasteiger partial charge in [0.25, 0.3) is 0 Å². The van der Waals surface area contributed by atoms with Crippen LogP contribution in [0.3, 0.4) is 0 Å². The summed E-state index contributed by atoms with van der Waals surface area (Å²) in [6, 6.07) is -0.576. The Bertz CT molecular complexity index is 772. The third-order valence-corrected chi connectivity index (χ3v) is 10.6. The second kappa shape index (κ2) is 42.3. The number of nitrogens with one attached hydrogen (secondary N) is 1. The van der Waals surface area contributed by atoms with Crippen molar-refractivity contribution in [3.63, 3.8) is 0 Å². The van der Waals surface area contributed by atoms with Gasteiger partial charge in [0, 0.05) is 12.8 Å². The number of carbonyl (C=O) groups excluding carboxylic acids is 2. The minimum absolute atomic E-state index is 0.0361. The fourth-order valence-electron chi connectivity index (χ4n) is 6.99. The summed E-state index contributed by atoms with van der Waals surface area (Å²) in [5.74, 6) is -0.131. The number of carbonyl (C=O) groups is 2. The average Bonchev–Trinajstić information content (AvgIpc) is 3.14. The maximum Gasteiger partial charge on any atom is 0.305 e. The van der Waals surface area contributed by atoms with Crippen LogP contribution in [0.1, 0.15) is 245 Å². The summed E-state index contributed by atoms with van der Waals surface area (Å²) in [5, 5.41) is 23.1. The van der Waals surface area contributed by atoms with Crippen LogP contribution in [0.15, 0.2) is 12.2 Å². The fraction of sp³-hybridized carbons (Fsp3) is 0.913. The van der Waals surface area contributed by atoms with Crippen LogP contribution < -0.4 is 5.32 Å². The summed E-state index contributed by atoms with van der Waals surface area (Å²) in [6.45, 7) is 4.85. The van der Waals surface area contributed by atoms with E-state index in [1.54, 1.807) is 0 Å². The molecule has 0 heterocycles. The lowest BCUT2D eigenvalue weighted by Gasteiger charge is -2.22. The molecular weight excluding hydrogens is 647 g/mol. The van der Waals surface area contributed by atoms with Crippen LogP contribution in [0.4, 0.5) is 0 Å². The first kappa shape index (κ1) is 50.6. The monoisotopic (exact) mass is 736 g/mol. The second-order valence-electron chi connectivity index (χ2n) is 15.7. The van der Waals surface area contributed by atoms with Crippen molar-refractivity contribution in [2.45, 2.75) is 257 Å². The van der Waals surface area contributed by atoms with E-state index in [-0.39, 0.29) is 18.5 Å². The van der Waals surface area contributed by atoms with Crippen molar-refractivity contribution in [2.24, 2.45) is 0 Å². The molecule has 0 saturated heterocycles. The van der Waals surface area contributed by atoms with Gasteiger partial charge in [-0.15, -0.1) is 0 Å². The Morgan fingerprint density at radius 3 is 1.40 bits per heavy atom. The summed E-state index contributed by atoms with van der Waals surface area (Å²) >= 11 is 0. The van der Waals surface area contributed by atoms with Crippen molar-refractivity contribution in [2.75, 3.05) is 13.2 Å². The van der Waals surface area contributed by atoms with Crippen LogP contribution >= 0.6 is 0 Å². The first-order valence-electron chi connectivity index (χ1n) is 22.9. The predicted molar refractivity (Wildman–Crippen MR) is 223 cm³/mol. The predicted octanol–water partition coefficient (Wildman–Crippen LogP) is 13.0. The van der Waals surface area contributed by atoms with E-state index in [0.29, 0.717) is 25.9 Å². The van der Waals surface area contributed by atoms with E-state index in [0.717, 1.165) is 70.6 Å². The SMILES string of the molecule is CCCCCCCCCCCCCCCCCC(O)C(CO)NC(=O)CCC/C=C\CCCCCCOC(=O)CCCCCCCCCCCCC. The van der Waals surface area contributed by atoms with Crippen molar-refractivity contribution in [3.05, 3.63) is 12.2 Å². The molecule has 2 atom stereocenters. The largest absolute Gasteiger partial charge is 0.466 e. The van der Waals surface area contributed by atoms with Gasteiger partial charge in [-0.1, -0.05) is 199 Å². The number of ether oxygens (including phenoxy) is 1. The minimum Gasteiger partial charge on any atom is -0.466 e.